The Hall–Kier alpha value is -1.70. The van der Waals surface area contributed by atoms with Crippen molar-refractivity contribution in [1.29, 1.82) is 0 Å². The van der Waals surface area contributed by atoms with Gasteiger partial charge < -0.3 is 9.64 Å². The van der Waals surface area contributed by atoms with Crippen molar-refractivity contribution in [3.05, 3.63) is 29.8 Å². The van der Waals surface area contributed by atoms with E-state index >= 15 is 0 Å². The number of carbonyl (C=O) groups excluding carboxylic acids is 1. The molecule has 4 rings (SSSR count). The Morgan fingerprint density at radius 2 is 1.96 bits per heavy atom. The van der Waals surface area contributed by atoms with Gasteiger partial charge in [0.1, 0.15) is 15.6 Å². The SMILES string of the molecule is O=C([C@@H]1C[C@]12CCOc1ccccc12)N(CC(F)F)C1CCS(=O)(=O)CC1. The van der Waals surface area contributed by atoms with Gasteiger partial charge in [0, 0.05) is 22.9 Å². The third-order valence-electron chi connectivity index (χ3n) is 6.19. The van der Waals surface area contributed by atoms with Crippen LogP contribution in [0.1, 0.15) is 31.2 Å². The number of fused-ring (bicyclic) bond motifs is 2. The summed E-state index contributed by atoms with van der Waals surface area (Å²) in [6.07, 6.45) is -0.830. The molecular formula is C19H23F2NO4S. The highest BCUT2D eigenvalue weighted by molar-refractivity contribution is 7.91. The summed E-state index contributed by atoms with van der Waals surface area (Å²) in [5, 5.41) is 0. The molecule has 2 fully saturated rings. The highest BCUT2D eigenvalue weighted by Crippen LogP contribution is 2.61. The van der Waals surface area contributed by atoms with Crippen molar-refractivity contribution in [3.8, 4) is 5.75 Å². The summed E-state index contributed by atoms with van der Waals surface area (Å²) in [6.45, 7) is -0.119. The van der Waals surface area contributed by atoms with E-state index in [0.717, 1.165) is 11.3 Å². The van der Waals surface area contributed by atoms with Crippen LogP contribution >= 0.6 is 0 Å². The van der Waals surface area contributed by atoms with Gasteiger partial charge in [0.05, 0.1) is 24.7 Å². The number of amides is 1. The Bertz CT molecular complexity index is 830. The molecule has 1 aromatic carbocycles. The number of alkyl halides is 2. The molecule has 8 heteroatoms. The molecule has 0 aromatic heterocycles. The lowest BCUT2D eigenvalue weighted by atomic mass is 9.87. The molecule has 0 unspecified atom stereocenters. The highest BCUT2D eigenvalue weighted by Gasteiger charge is 2.62. The second-order valence-corrected chi connectivity index (χ2v) is 10.1. The van der Waals surface area contributed by atoms with Crippen LogP contribution in [-0.2, 0) is 20.0 Å². The lowest BCUT2D eigenvalue weighted by molar-refractivity contribution is -0.138. The molecule has 1 saturated heterocycles. The zero-order valence-electron chi connectivity index (χ0n) is 14.9. The fourth-order valence-corrected chi connectivity index (χ4v) is 6.11. The van der Waals surface area contributed by atoms with Crippen molar-refractivity contribution in [2.45, 2.75) is 43.6 Å². The number of benzene rings is 1. The molecule has 27 heavy (non-hydrogen) atoms. The van der Waals surface area contributed by atoms with Crippen molar-refractivity contribution < 1.29 is 26.7 Å². The van der Waals surface area contributed by atoms with E-state index in [1.807, 2.05) is 24.3 Å². The van der Waals surface area contributed by atoms with Gasteiger partial charge in [0.15, 0.2) is 0 Å². The maximum absolute atomic E-state index is 13.2. The van der Waals surface area contributed by atoms with Crippen molar-refractivity contribution in [2.24, 2.45) is 5.92 Å². The molecule has 2 atom stereocenters. The highest BCUT2D eigenvalue weighted by atomic mass is 32.2. The zero-order chi connectivity index (χ0) is 19.2. The number of hydrogen-bond donors (Lipinski definition) is 0. The fourth-order valence-electron chi connectivity index (χ4n) is 4.64. The summed E-state index contributed by atoms with van der Waals surface area (Å²) in [6, 6.07) is 7.18. The van der Waals surface area contributed by atoms with Gasteiger partial charge in [-0.15, -0.1) is 0 Å². The van der Waals surface area contributed by atoms with Gasteiger partial charge in [0.25, 0.3) is 6.43 Å². The Morgan fingerprint density at radius 3 is 2.67 bits per heavy atom. The van der Waals surface area contributed by atoms with Crippen molar-refractivity contribution >= 4 is 15.7 Å². The third-order valence-corrected chi connectivity index (χ3v) is 7.90. The Morgan fingerprint density at radius 1 is 1.26 bits per heavy atom. The first-order valence-corrected chi connectivity index (χ1v) is 11.2. The lowest BCUT2D eigenvalue weighted by Crippen LogP contribution is -2.48. The van der Waals surface area contributed by atoms with Crippen molar-refractivity contribution in [1.82, 2.24) is 4.90 Å². The van der Waals surface area contributed by atoms with Crippen LogP contribution in [0.15, 0.2) is 24.3 Å². The van der Waals surface area contributed by atoms with Crippen molar-refractivity contribution in [3.63, 3.8) is 0 Å². The van der Waals surface area contributed by atoms with Crippen LogP contribution in [0.4, 0.5) is 8.78 Å². The Kier molecular flexibility index (Phi) is 4.64. The third kappa shape index (κ3) is 3.44. The number of rotatable bonds is 4. The maximum atomic E-state index is 13.2. The number of halogens is 2. The van der Waals surface area contributed by atoms with Crippen LogP contribution in [0.3, 0.4) is 0 Å². The van der Waals surface area contributed by atoms with Crippen LogP contribution < -0.4 is 4.74 Å². The minimum atomic E-state index is -3.12. The molecule has 1 aliphatic carbocycles. The van der Waals surface area contributed by atoms with Gasteiger partial charge in [-0.05, 0) is 31.7 Å². The van der Waals surface area contributed by atoms with E-state index in [4.69, 9.17) is 4.74 Å². The summed E-state index contributed by atoms with van der Waals surface area (Å²) >= 11 is 0. The van der Waals surface area contributed by atoms with E-state index < -0.39 is 28.8 Å². The largest absolute Gasteiger partial charge is 0.493 e. The molecular weight excluding hydrogens is 376 g/mol. The first-order valence-electron chi connectivity index (χ1n) is 9.34. The summed E-state index contributed by atoms with van der Waals surface area (Å²) in [5.74, 6) is 0.0771. The molecule has 3 aliphatic rings. The number of hydrogen-bond acceptors (Lipinski definition) is 4. The van der Waals surface area contributed by atoms with Crippen LogP contribution in [0.5, 0.6) is 5.75 Å². The molecule has 1 saturated carbocycles. The summed E-state index contributed by atoms with van der Waals surface area (Å²) < 4.78 is 55.4. The van der Waals surface area contributed by atoms with Gasteiger partial charge in [-0.2, -0.15) is 0 Å². The molecule has 2 aliphatic heterocycles. The van der Waals surface area contributed by atoms with Gasteiger partial charge in [-0.3, -0.25) is 4.79 Å². The average Bonchev–Trinajstić information content (AvgIpc) is 3.34. The van der Waals surface area contributed by atoms with Gasteiger partial charge >= 0.3 is 0 Å². The second kappa shape index (κ2) is 6.72. The molecule has 1 spiro atoms. The van der Waals surface area contributed by atoms with E-state index in [9.17, 15) is 22.0 Å². The summed E-state index contributed by atoms with van der Waals surface area (Å²) in [7, 11) is -3.12. The predicted molar refractivity (Wildman–Crippen MR) is 95.7 cm³/mol. The van der Waals surface area contributed by atoms with Crippen molar-refractivity contribution in [2.75, 3.05) is 24.7 Å². The summed E-state index contributed by atoms with van der Waals surface area (Å²) in [4.78, 5) is 14.4. The first-order chi connectivity index (χ1) is 12.8. The molecule has 0 radical (unpaired) electrons. The van der Waals surface area contributed by atoms with Gasteiger partial charge in [-0.1, -0.05) is 18.2 Å². The lowest BCUT2D eigenvalue weighted by Gasteiger charge is -2.35. The fraction of sp³-hybridized carbons (Fsp3) is 0.632. The van der Waals surface area contributed by atoms with Gasteiger partial charge in [0.2, 0.25) is 5.91 Å². The summed E-state index contributed by atoms with van der Waals surface area (Å²) in [5.41, 5.74) is 0.658. The average molecular weight is 399 g/mol. The Labute approximate surface area is 157 Å². The zero-order valence-corrected chi connectivity index (χ0v) is 15.8. The first kappa shape index (κ1) is 18.7. The minimum Gasteiger partial charge on any atom is -0.493 e. The van der Waals surface area contributed by atoms with Crippen LogP contribution in [0.25, 0.3) is 0 Å². The monoisotopic (exact) mass is 399 g/mol. The number of para-hydroxylation sites is 1. The number of sulfone groups is 1. The molecule has 5 nitrogen and oxygen atoms in total. The minimum absolute atomic E-state index is 0.0445. The smallest absolute Gasteiger partial charge is 0.255 e. The molecule has 1 aromatic rings. The number of nitrogens with zero attached hydrogens (tertiary/aromatic N) is 1. The number of carbonyl (C=O) groups is 1. The topological polar surface area (TPSA) is 63.7 Å². The second-order valence-electron chi connectivity index (χ2n) is 7.77. The van der Waals surface area contributed by atoms with E-state index in [2.05, 4.69) is 0 Å². The normalized spacial score (nSPS) is 29.2. The molecule has 2 heterocycles. The van der Waals surface area contributed by atoms with Gasteiger partial charge in [-0.25, -0.2) is 17.2 Å². The molecule has 148 valence electrons. The Balaban J connectivity index is 1.55. The maximum Gasteiger partial charge on any atom is 0.255 e. The standard InChI is InChI=1S/C19H23F2NO4S/c20-17(21)12-22(13-5-9-27(24,25)10-6-13)18(23)15-11-19(15)7-8-26-16-4-2-1-3-14(16)19/h1-4,13,15,17H,5-12H2/t15-,19-/m0/s1. The molecule has 0 N–H and O–H groups in total. The predicted octanol–water partition coefficient (Wildman–Crippen LogP) is 2.40. The van der Waals surface area contributed by atoms with Crippen LogP contribution in [0, 0.1) is 5.92 Å². The number of ether oxygens (including phenoxy) is 1. The van der Waals surface area contributed by atoms with Crippen LogP contribution in [0.2, 0.25) is 0 Å². The quantitative estimate of drug-likeness (QED) is 0.780. The molecule has 0 bridgehead atoms. The van der Waals surface area contributed by atoms with Crippen LogP contribution in [-0.4, -0.2) is 56.3 Å². The van der Waals surface area contributed by atoms with E-state index in [0.29, 0.717) is 19.4 Å². The van der Waals surface area contributed by atoms with E-state index in [1.165, 1.54) is 4.90 Å². The van der Waals surface area contributed by atoms with E-state index in [1.54, 1.807) is 0 Å². The van der Waals surface area contributed by atoms with E-state index in [-0.39, 0.29) is 41.6 Å². The molecule has 1 amide bonds.